The molecule has 0 saturated carbocycles. The van der Waals surface area contributed by atoms with E-state index in [0.29, 0.717) is 0 Å². The fraction of sp³-hybridized carbons (Fsp3) is 0.625. The van der Waals surface area contributed by atoms with Crippen LogP contribution in [-0.2, 0) is 18.9 Å². The molecule has 0 spiro atoms. The Bertz CT molecular complexity index is 389. The number of halogens is 6. The summed E-state index contributed by atoms with van der Waals surface area (Å²) in [5, 5.41) is 2.88. The van der Waals surface area contributed by atoms with Crippen molar-refractivity contribution in [1.29, 1.82) is 0 Å². The lowest BCUT2D eigenvalue weighted by atomic mass is 10.3. The van der Waals surface area contributed by atoms with Gasteiger partial charge in [-0.2, -0.15) is 31.4 Å². The van der Waals surface area contributed by atoms with Crippen LogP contribution in [0.3, 0.4) is 0 Å². The quantitative estimate of drug-likeness (QED) is 0.830. The Hall–Kier alpha value is -1.25. The molecule has 9 heteroatoms. The van der Waals surface area contributed by atoms with Crippen molar-refractivity contribution in [2.45, 2.75) is 31.9 Å². The molecule has 0 aliphatic carbocycles. The molecule has 1 rings (SSSR count). The molecule has 17 heavy (non-hydrogen) atoms. The van der Waals surface area contributed by atoms with Gasteiger partial charge in [0.25, 0.3) is 0 Å². The average molecular weight is 261 g/mol. The number of nitrogens with two attached hydrogens (primary N) is 1. The van der Waals surface area contributed by atoms with Crippen LogP contribution in [0.5, 0.6) is 0 Å². The van der Waals surface area contributed by atoms with Gasteiger partial charge in [0, 0.05) is 12.1 Å². The predicted molar refractivity (Wildman–Crippen MR) is 45.9 cm³/mol. The summed E-state index contributed by atoms with van der Waals surface area (Å²) in [6.07, 6.45) is -9.81. The average Bonchev–Trinajstić information content (AvgIpc) is 2.44. The molecule has 0 aliphatic rings. The monoisotopic (exact) mass is 261 g/mol. The molecule has 1 heterocycles. The van der Waals surface area contributed by atoms with E-state index in [-0.39, 0.29) is 10.7 Å². The summed E-state index contributed by atoms with van der Waals surface area (Å²) in [6.45, 7) is 0.931. The van der Waals surface area contributed by atoms with Gasteiger partial charge in [-0.15, -0.1) is 0 Å². The van der Waals surface area contributed by atoms with Gasteiger partial charge < -0.3 is 5.73 Å². The summed E-state index contributed by atoms with van der Waals surface area (Å²) in [4.78, 5) is 0. The van der Waals surface area contributed by atoms with E-state index in [1.54, 1.807) is 0 Å². The van der Waals surface area contributed by atoms with E-state index >= 15 is 0 Å². The Morgan fingerprint density at radius 1 is 1.24 bits per heavy atom. The van der Waals surface area contributed by atoms with Crippen LogP contribution in [0.15, 0.2) is 6.07 Å². The van der Waals surface area contributed by atoms with Gasteiger partial charge in [-0.25, -0.2) is 0 Å². The lowest BCUT2D eigenvalue weighted by Gasteiger charge is -2.11. The molecule has 3 nitrogen and oxygen atoms in total. The Balaban J connectivity index is 3.22. The van der Waals surface area contributed by atoms with Crippen molar-refractivity contribution in [1.82, 2.24) is 9.78 Å². The largest absolute Gasteiger partial charge is 0.435 e. The zero-order chi connectivity index (χ0) is 13.4. The maximum atomic E-state index is 12.4. The van der Waals surface area contributed by atoms with E-state index in [1.807, 2.05) is 0 Å². The van der Waals surface area contributed by atoms with Crippen molar-refractivity contribution < 1.29 is 26.3 Å². The molecule has 0 bridgehead atoms. The first-order chi connectivity index (χ1) is 7.51. The summed E-state index contributed by atoms with van der Waals surface area (Å²) in [5.41, 5.74) is 2.21. The zero-order valence-electron chi connectivity index (χ0n) is 8.60. The molecule has 0 fully saturated rings. The van der Waals surface area contributed by atoms with Gasteiger partial charge in [0.2, 0.25) is 0 Å². The van der Waals surface area contributed by atoms with E-state index in [9.17, 15) is 26.3 Å². The van der Waals surface area contributed by atoms with Crippen molar-refractivity contribution >= 4 is 0 Å². The van der Waals surface area contributed by atoms with Crippen LogP contribution >= 0.6 is 0 Å². The van der Waals surface area contributed by atoms with Gasteiger partial charge in [-0.05, 0) is 6.92 Å². The molecule has 1 aromatic heterocycles. The van der Waals surface area contributed by atoms with E-state index < -0.39 is 36.3 Å². The number of hydrogen-bond donors (Lipinski definition) is 1. The zero-order valence-corrected chi connectivity index (χ0v) is 8.60. The molecule has 0 amide bonds. The molecule has 2 N–H and O–H groups in total. The molecule has 0 aromatic carbocycles. The van der Waals surface area contributed by atoms with Crippen LogP contribution in [0.25, 0.3) is 0 Å². The van der Waals surface area contributed by atoms with Gasteiger partial charge in [-0.3, -0.25) is 4.68 Å². The third kappa shape index (κ3) is 3.35. The Morgan fingerprint density at radius 3 is 2.12 bits per heavy atom. The first-order valence-electron chi connectivity index (χ1n) is 4.49. The van der Waals surface area contributed by atoms with Crippen molar-refractivity contribution in [2.75, 3.05) is 0 Å². The molecule has 0 radical (unpaired) electrons. The fourth-order valence-corrected chi connectivity index (χ4v) is 1.20. The van der Waals surface area contributed by atoms with Gasteiger partial charge in [-0.1, -0.05) is 0 Å². The summed E-state index contributed by atoms with van der Waals surface area (Å²) in [6, 6.07) is -0.764. The highest BCUT2D eigenvalue weighted by molar-refractivity contribution is 5.16. The molecule has 1 unspecified atom stereocenters. The molecule has 98 valence electrons. The summed E-state index contributed by atoms with van der Waals surface area (Å²) in [7, 11) is 0. The van der Waals surface area contributed by atoms with Crippen LogP contribution in [0.2, 0.25) is 0 Å². The number of aromatic nitrogens is 2. The number of hydrogen-bond acceptors (Lipinski definition) is 2. The molecule has 0 aliphatic heterocycles. The fourth-order valence-electron chi connectivity index (χ4n) is 1.20. The minimum atomic E-state index is -4.91. The normalized spacial score (nSPS) is 15.1. The van der Waals surface area contributed by atoms with Crippen molar-refractivity contribution in [2.24, 2.45) is 5.73 Å². The minimum absolute atomic E-state index is 0.0254. The summed E-state index contributed by atoms with van der Waals surface area (Å²) < 4.78 is 74.2. The molecular formula is C8H9F6N3. The van der Waals surface area contributed by atoms with Crippen LogP contribution < -0.4 is 5.73 Å². The van der Waals surface area contributed by atoms with E-state index in [1.165, 1.54) is 6.92 Å². The van der Waals surface area contributed by atoms with Crippen LogP contribution in [0, 0.1) is 0 Å². The Kier molecular flexibility index (Phi) is 3.42. The highest BCUT2D eigenvalue weighted by Crippen LogP contribution is 2.35. The maximum Gasteiger partial charge on any atom is 0.435 e. The van der Waals surface area contributed by atoms with Crippen LogP contribution in [0.1, 0.15) is 18.3 Å². The SMILES string of the molecule is CC(N)Cn1nc(C(F)(F)F)cc1C(F)(F)F. The Morgan fingerprint density at radius 2 is 1.76 bits per heavy atom. The first-order valence-corrected chi connectivity index (χ1v) is 4.49. The topological polar surface area (TPSA) is 43.8 Å². The first kappa shape index (κ1) is 13.8. The molecule has 0 saturated heterocycles. The predicted octanol–water partition coefficient (Wildman–Crippen LogP) is 2.27. The van der Waals surface area contributed by atoms with Crippen LogP contribution in [0.4, 0.5) is 26.3 Å². The highest BCUT2D eigenvalue weighted by Gasteiger charge is 2.41. The highest BCUT2D eigenvalue weighted by atomic mass is 19.4. The van der Waals surface area contributed by atoms with E-state index in [2.05, 4.69) is 5.10 Å². The van der Waals surface area contributed by atoms with Gasteiger partial charge in [0.1, 0.15) is 5.69 Å². The minimum Gasteiger partial charge on any atom is -0.326 e. The Labute approximate surface area is 92.2 Å². The smallest absolute Gasteiger partial charge is 0.326 e. The van der Waals surface area contributed by atoms with Crippen molar-refractivity contribution in [3.63, 3.8) is 0 Å². The molecular weight excluding hydrogens is 252 g/mol. The molecule has 1 aromatic rings. The number of rotatable bonds is 2. The maximum absolute atomic E-state index is 12.4. The van der Waals surface area contributed by atoms with Gasteiger partial charge >= 0.3 is 12.4 Å². The second kappa shape index (κ2) is 4.21. The third-order valence-electron chi connectivity index (χ3n) is 1.82. The lowest BCUT2D eigenvalue weighted by Crippen LogP contribution is -2.26. The van der Waals surface area contributed by atoms with Crippen molar-refractivity contribution in [3.8, 4) is 0 Å². The number of alkyl halides is 6. The van der Waals surface area contributed by atoms with Gasteiger partial charge in [0.15, 0.2) is 5.69 Å². The molecule has 1 atom stereocenters. The summed E-state index contributed by atoms with van der Waals surface area (Å²) in [5.74, 6) is 0. The standard InChI is InChI=1S/C8H9F6N3/c1-4(15)3-17-6(8(12,13)14)2-5(16-17)7(9,10)11/h2,4H,3,15H2,1H3. The lowest BCUT2D eigenvalue weighted by molar-refractivity contribution is -0.144. The second-order valence-electron chi connectivity index (χ2n) is 3.57. The summed E-state index contributed by atoms with van der Waals surface area (Å²) >= 11 is 0. The van der Waals surface area contributed by atoms with Crippen LogP contribution in [-0.4, -0.2) is 15.8 Å². The second-order valence-corrected chi connectivity index (χ2v) is 3.57. The third-order valence-corrected chi connectivity index (χ3v) is 1.82. The van der Waals surface area contributed by atoms with Gasteiger partial charge in [0.05, 0.1) is 6.54 Å². The van der Waals surface area contributed by atoms with Crippen molar-refractivity contribution in [3.05, 3.63) is 17.5 Å². The van der Waals surface area contributed by atoms with E-state index in [0.717, 1.165) is 0 Å². The number of nitrogens with zero attached hydrogens (tertiary/aromatic N) is 2. The van der Waals surface area contributed by atoms with E-state index in [4.69, 9.17) is 5.73 Å².